The molecule has 4 rings (SSSR count). The molecule has 1 aromatic carbocycles. The van der Waals surface area contributed by atoms with Gasteiger partial charge in [-0.3, -0.25) is 13.8 Å². The van der Waals surface area contributed by atoms with Gasteiger partial charge in [-0.15, -0.1) is 0 Å². The molecule has 0 bridgehead atoms. The highest BCUT2D eigenvalue weighted by atomic mass is 32.1. The van der Waals surface area contributed by atoms with Crippen LogP contribution >= 0.6 is 11.3 Å². The van der Waals surface area contributed by atoms with Crippen molar-refractivity contribution in [3.05, 3.63) is 69.5 Å². The first kappa shape index (κ1) is 13.2. The topological polar surface area (TPSA) is 59.5 Å². The molecule has 22 heavy (non-hydrogen) atoms. The van der Waals surface area contributed by atoms with Gasteiger partial charge in [0.15, 0.2) is 0 Å². The average Bonchev–Trinajstić information content (AvgIpc) is 3.22. The van der Waals surface area contributed by atoms with Crippen molar-refractivity contribution in [2.45, 2.75) is 12.6 Å². The summed E-state index contributed by atoms with van der Waals surface area (Å²) in [6, 6.07) is 9.29. The molecule has 0 aliphatic carbocycles. The van der Waals surface area contributed by atoms with Crippen LogP contribution in [0.2, 0.25) is 0 Å². The lowest BCUT2D eigenvalue weighted by Crippen LogP contribution is -2.25. The van der Waals surface area contributed by atoms with Crippen LogP contribution in [0, 0.1) is 0 Å². The quantitative estimate of drug-likeness (QED) is 0.632. The van der Waals surface area contributed by atoms with Crippen LogP contribution in [0.3, 0.4) is 0 Å². The van der Waals surface area contributed by atoms with E-state index in [2.05, 4.69) is 4.98 Å². The highest BCUT2D eigenvalue weighted by Crippen LogP contribution is 2.20. The Hall–Kier alpha value is -2.44. The monoisotopic (exact) mass is 311 g/mol. The maximum absolute atomic E-state index is 12.8. The summed E-state index contributed by atoms with van der Waals surface area (Å²) in [5.41, 5.74) is 2.21. The van der Waals surface area contributed by atoms with Crippen molar-refractivity contribution in [1.82, 2.24) is 14.0 Å². The molecule has 1 atom stereocenters. The number of fused-ring (bicyclic) bond motifs is 3. The van der Waals surface area contributed by atoms with Crippen LogP contribution in [0.15, 0.2) is 58.4 Å². The molecule has 1 unspecified atom stereocenters. The van der Waals surface area contributed by atoms with Crippen LogP contribution in [0.4, 0.5) is 0 Å². The van der Waals surface area contributed by atoms with Gasteiger partial charge in [-0.05, 0) is 34.5 Å². The maximum Gasteiger partial charge on any atom is 0.261 e. The SMILES string of the molecule is O=c1c2ccccc2n2cncc2n1CC(O)c1ccsc1. The second kappa shape index (κ2) is 5.08. The second-order valence-corrected chi connectivity index (χ2v) is 5.91. The number of imidazole rings is 1. The number of benzene rings is 1. The smallest absolute Gasteiger partial charge is 0.261 e. The van der Waals surface area contributed by atoms with Gasteiger partial charge < -0.3 is 5.11 Å². The van der Waals surface area contributed by atoms with E-state index in [0.29, 0.717) is 11.0 Å². The summed E-state index contributed by atoms with van der Waals surface area (Å²) in [4.78, 5) is 16.9. The Kier molecular flexibility index (Phi) is 3.06. The van der Waals surface area contributed by atoms with E-state index in [0.717, 1.165) is 11.1 Å². The third kappa shape index (κ3) is 1.96. The van der Waals surface area contributed by atoms with Crippen molar-refractivity contribution in [2.24, 2.45) is 0 Å². The Labute approximate surface area is 129 Å². The lowest BCUT2D eigenvalue weighted by Gasteiger charge is -2.14. The zero-order chi connectivity index (χ0) is 15.1. The number of hydrogen-bond donors (Lipinski definition) is 1. The molecule has 6 heteroatoms. The zero-order valence-corrected chi connectivity index (χ0v) is 12.4. The highest BCUT2D eigenvalue weighted by Gasteiger charge is 2.15. The van der Waals surface area contributed by atoms with Gasteiger partial charge in [-0.25, -0.2) is 4.98 Å². The fourth-order valence-electron chi connectivity index (χ4n) is 2.71. The van der Waals surface area contributed by atoms with Crippen molar-refractivity contribution in [2.75, 3.05) is 0 Å². The molecule has 1 N–H and O–H groups in total. The highest BCUT2D eigenvalue weighted by molar-refractivity contribution is 7.07. The Morgan fingerprint density at radius 1 is 1.27 bits per heavy atom. The number of para-hydroxylation sites is 1. The van der Waals surface area contributed by atoms with Gasteiger partial charge in [-0.2, -0.15) is 11.3 Å². The summed E-state index contributed by atoms with van der Waals surface area (Å²) in [5.74, 6) is 0. The molecule has 0 saturated heterocycles. The van der Waals surface area contributed by atoms with E-state index in [9.17, 15) is 9.90 Å². The van der Waals surface area contributed by atoms with Gasteiger partial charge in [-0.1, -0.05) is 12.1 Å². The minimum absolute atomic E-state index is 0.113. The minimum Gasteiger partial charge on any atom is -0.387 e. The lowest BCUT2D eigenvalue weighted by molar-refractivity contribution is 0.157. The number of rotatable bonds is 3. The Balaban J connectivity index is 1.94. The summed E-state index contributed by atoms with van der Waals surface area (Å²) >= 11 is 1.53. The van der Waals surface area contributed by atoms with Crippen molar-refractivity contribution in [3.8, 4) is 0 Å². The van der Waals surface area contributed by atoms with Gasteiger partial charge in [0.2, 0.25) is 0 Å². The molecule has 0 aliphatic heterocycles. The lowest BCUT2D eigenvalue weighted by atomic mass is 10.2. The van der Waals surface area contributed by atoms with Crippen molar-refractivity contribution in [3.63, 3.8) is 0 Å². The largest absolute Gasteiger partial charge is 0.387 e. The first-order chi connectivity index (χ1) is 10.8. The maximum atomic E-state index is 12.8. The van der Waals surface area contributed by atoms with Crippen LogP contribution in [-0.2, 0) is 6.54 Å². The fraction of sp³-hybridized carbons (Fsp3) is 0.125. The fourth-order valence-corrected chi connectivity index (χ4v) is 3.41. The number of thiophene rings is 1. The summed E-state index contributed by atoms with van der Waals surface area (Å²) in [6.45, 7) is 0.204. The summed E-state index contributed by atoms with van der Waals surface area (Å²) in [5, 5.41) is 14.8. The average molecular weight is 311 g/mol. The van der Waals surface area contributed by atoms with Crippen molar-refractivity contribution < 1.29 is 5.11 Å². The van der Waals surface area contributed by atoms with Gasteiger partial charge in [0.1, 0.15) is 12.0 Å². The van der Waals surface area contributed by atoms with Crippen LogP contribution < -0.4 is 5.56 Å². The van der Waals surface area contributed by atoms with E-state index in [4.69, 9.17) is 0 Å². The molecule has 3 aromatic heterocycles. The Morgan fingerprint density at radius 2 is 2.14 bits per heavy atom. The summed E-state index contributed by atoms with van der Waals surface area (Å²) < 4.78 is 3.45. The Bertz CT molecular complexity index is 1000. The molecule has 4 aromatic rings. The molecule has 0 saturated carbocycles. The van der Waals surface area contributed by atoms with Crippen LogP contribution in [0.5, 0.6) is 0 Å². The number of nitrogens with zero attached hydrogens (tertiary/aromatic N) is 3. The van der Waals surface area contributed by atoms with Crippen molar-refractivity contribution >= 4 is 27.9 Å². The van der Waals surface area contributed by atoms with E-state index in [1.54, 1.807) is 23.2 Å². The molecule has 0 radical (unpaired) electrons. The van der Waals surface area contributed by atoms with Crippen LogP contribution in [0.25, 0.3) is 16.6 Å². The second-order valence-electron chi connectivity index (χ2n) is 5.13. The first-order valence-electron chi connectivity index (χ1n) is 6.89. The summed E-state index contributed by atoms with van der Waals surface area (Å²) in [6.07, 6.45) is 2.61. The van der Waals surface area contributed by atoms with Gasteiger partial charge in [0.05, 0.1) is 29.7 Å². The first-order valence-corrected chi connectivity index (χ1v) is 7.84. The van der Waals surface area contributed by atoms with E-state index >= 15 is 0 Å². The van der Waals surface area contributed by atoms with E-state index in [1.165, 1.54) is 11.3 Å². The third-order valence-corrected chi connectivity index (χ3v) is 4.52. The van der Waals surface area contributed by atoms with E-state index in [-0.39, 0.29) is 12.1 Å². The number of hydrogen-bond acceptors (Lipinski definition) is 4. The molecule has 0 aliphatic rings. The number of aromatic nitrogens is 3. The molecule has 0 spiro atoms. The molecular weight excluding hydrogens is 298 g/mol. The molecular formula is C16H13N3O2S. The summed E-state index contributed by atoms with van der Waals surface area (Å²) in [7, 11) is 0. The van der Waals surface area contributed by atoms with Gasteiger partial charge >= 0.3 is 0 Å². The minimum atomic E-state index is -0.719. The molecule has 110 valence electrons. The number of aliphatic hydroxyl groups excluding tert-OH is 1. The predicted molar refractivity (Wildman–Crippen MR) is 86.2 cm³/mol. The molecule has 0 amide bonds. The zero-order valence-electron chi connectivity index (χ0n) is 11.6. The number of aliphatic hydroxyl groups is 1. The normalized spacial score (nSPS) is 13.0. The Morgan fingerprint density at radius 3 is 2.95 bits per heavy atom. The molecule has 3 heterocycles. The van der Waals surface area contributed by atoms with E-state index in [1.807, 2.05) is 39.4 Å². The van der Waals surface area contributed by atoms with Crippen LogP contribution in [-0.4, -0.2) is 19.1 Å². The molecule has 5 nitrogen and oxygen atoms in total. The van der Waals surface area contributed by atoms with Gasteiger partial charge in [0.25, 0.3) is 5.56 Å². The predicted octanol–water partition coefficient (Wildman–Crippen LogP) is 2.44. The standard InChI is InChI=1S/C16H13N3O2S/c20-14(11-5-6-22-9-11)8-18-15-7-17-10-19(15)13-4-2-1-3-12(13)16(18)21/h1-7,9-10,14,20H,8H2. The molecule has 0 fully saturated rings. The third-order valence-electron chi connectivity index (χ3n) is 3.82. The van der Waals surface area contributed by atoms with E-state index < -0.39 is 6.10 Å². The van der Waals surface area contributed by atoms with Gasteiger partial charge in [0, 0.05) is 0 Å². The van der Waals surface area contributed by atoms with Crippen LogP contribution in [0.1, 0.15) is 11.7 Å². The van der Waals surface area contributed by atoms with Crippen molar-refractivity contribution in [1.29, 1.82) is 0 Å².